The van der Waals surface area contributed by atoms with Crippen molar-refractivity contribution in [3.05, 3.63) is 41.5 Å². The zero-order valence-corrected chi connectivity index (χ0v) is 14.6. The lowest BCUT2D eigenvalue weighted by Crippen LogP contribution is -2.48. The Morgan fingerprint density at radius 2 is 1.75 bits per heavy atom. The first-order valence-electron chi connectivity index (χ1n) is 8.59. The van der Waals surface area contributed by atoms with E-state index in [1.165, 1.54) is 12.1 Å². The van der Waals surface area contributed by atoms with E-state index in [1.54, 1.807) is 0 Å². The fraction of sp³-hybridized carbons (Fsp3) is 0.588. The number of halogens is 1. The molecule has 0 saturated carbocycles. The highest BCUT2D eigenvalue weighted by Crippen LogP contribution is 2.29. The topological polar surface area (TPSA) is 50.1 Å². The van der Waals surface area contributed by atoms with Gasteiger partial charge in [0.05, 0.1) is 12.1 Å². The lowest BCUT2D eigenvalue weighted by molar-refractivity contribution is 0.108. The van der Waals surface area contributed by atoms with Crippen LogP contribution in [0.25, 0.3) is 0 Å². The molecule has 1 saturated heterocycles. The second-order valence-corrected chi connectivity index (χ2v) is 6.50. The summed E-state index contributed by atoms with van der Waals surface area (Å²) in [6.07, 6.45) is 0. The van der Waals surface area contributed by atoms with Crippen molar-refractivity contribution < 1.29 is 4.39 Å². The first-order chi connectivity index (χ1) is 11.6. The Kier molecular flexibility index (Phi) is 5.20. The van der Waals surface area contributed by atoms with E-state index < -0.39 is 0 Å². The number of hydrogen-bond donors (Lipinski definition) is 0. The number of likely N-dealkylation sites (N-methyl/N-ethyl adjacent to an activating group) is 1. The maximum atomic E-state index is 13.4. The Morgan fingerprint density at radius 3 is 2.33 bits per heavy atom. The Morgan fingerprint density at radius 1 is 1.08 bits per heavy atom. The quantitative estimate of drug-likeness (QED) is 0.839. The summed E-state index contributed by atoms with van der Waals surface area (Å²) in [7, 11) is 0. The van der Waals surface area contributed by atoms with Gasteiger partial charge in [0, 0.05) is 26.2 Å². The highest BCUT2D eigenvalue weighted by molar-refractivity contribution is 5.25. The van der Waals surface area contributed by atoms with Gasteiger partial charge in [0.2, 0.25) is 0 Å². The van der Waals surface area contributed by atoms with Crippen LogP contribution in [0.1, 0.15) is 44.2 Å². The second-order valence-electron chi connectivity index (χ2n) is 6.50. The molecule has 0 bridgehead atoms. The Bertz CT molecular complexity index is 645. The molecule has 2 aromatic rings. The van der Waals surface area contributed by atoms with Crippen LogP contribution in [0, 0.1) is 5.82 Å². The molecule has 1 aliphatic rings. The van der Waals surface area contributed by atoms with Gasteiger partial charge in [0.15, 0.2) is 5.82 Å². The Labute approximate surface area is 142 Å². The maximum Gasteiger partial charge on any atom is 0.173 e. The number of aromatic nitrogens is 4. The molecular formula is C17H25FN6. The van der Waals surface area contributed by atoms with E-state index in [0.29, 0.717) is 0 Å². The number of tetrazole rings is 1. The molecule has 0 amide bonds. The molecule has 0 aliphatic carbocycles. The van der Waals surface area contributed by atoms with Crippen molar-refractivity contribution in [1.82, 2.24) is 30.0 Å². The van der Waals surface area contributed by atoms with Crippen molar-refractivity contribution in [3.8, 4) is 0 Å². The van der Waals surface area contributed by atoms with Crippen LogP contribution in [0.4, 0.5) is 4.39 Å². The Balaban J connectivity index is 1.95. The highest BCUT2D eigenvalue weighted by atomic mass is 19.1. The highest BCUT2D eigenvalue weighted by Gasteiger charge is 2.30. The number of rotatable bonds is 5. The predicted octanol–water partition coefficient (Wildman–Crippen LogP) is 2.12. The smallest absolute Gasteiger partial charge is 0.173 e. The average molecular weight is 332 g/mol. The average Bonchev–Trinajstić information content (AvgIpc) is 3.07. The molecule has 130 valence electrons. The molecule has 1 aromatic carbocycles. The fourth-order valence-electron chi connectivity index (χ4n) is 3.25. The molecule has 6 nitrogen and oxygen atoms in total. The van der Waals surface area contributed by atoms with Gasteiger partial charge in [-0.05, 0) is 48.5 Å². The molecule has 0 spiro atoms. The Hall–Kier alpha value is -1.86. The monoisotopic (exact) mass is 332 g/mol. The van der Waals surface area contributed by atoms with E-state index in [0.717, 1.165) is 44.1 Å². The fourth-order valence-corrected chi connectivity index (χ4v) is 3.25. The van der Waals surface area contributed by atoms with Gasteiger partial charge in [-0.3, -0.25) is 4.90 Å². The van der Waals surface area contributed by atoms with E-state index in [-0.39, 0.29) is 17.9 Å². The molecule has 2 heterocycles. The minimum atomic E-state index is -0.225. The van der Waals surface area contributed by atoms with E-state index in [2.05, 4.69) is 46.1 Å². The molecule has 1 atom stereocenters. The van der Waals surface area contributed by atoms with Crippen LogP contribution < -0.4 is 0 Å². The number of benzene rings is 1. The van der Waals surface area contributed by atoms with Gasteiger partial charge in [0.25, 0.3) is 0 Å². The molecule has 7 heteroatoms. The van der Waals surface area contributed by atoms with E-state index in [4.69, 9.17) is 0 Å². The SMILES string of the molecule is CCN1CCN(C(c2ccc(F)cc2)c2nnnn2C(C)C)CC1. The van der Waals surface area contributed by atoms with Crippen LogP contribution >= 0.6 is 0 Å². The molecule has 1 unspecified atom stereocenters. The predicted molar refractivity (Wildman–Crippen MR) is 90.1 cm³/mol. The minimum absolute atomic E-state index is 0.0537. The minimum Gasteiger partial charge on any atom is -0.301 e. The van der Waals surface area contributed by atoms with Crippen molar-refractivity contribution in [2.75, 3.05) is 32.7 Å². The molecule has 0 radical (unpaired) electrons. The zero-order chi connectivity index (χ0) is 17.1. The molecule has 3 rings (SSSR count). The van der Waals surface area contributed by atoms with Crippen LogP contribution in [0.2, 0.25) is 0 Å². The third-order valence-corrected chi connectivity index (χ3v) is 4.66. The molecule has 24 heavy (non-hydrogen) atoms. The lowest BCUT2D eigenvalue weighted by Gasteiger charge is -2.38. The van der Waals surface area contributed by atoms with E-state index >= 15 is 0 Å². The van der Waals surface area contributed by atoms with Gasteiger partial charge >= 0.3 is 0 Å². The third kappa shape index (κ3) is 3.47. The summed E-state index contributed by atoms with van der Waals surface area (Å²) in [5.74, 6) is 0.596. The van der Waals surface area contributed by atoms with Crippen molar-refractivity contribution in [3.63, 3.8) is 0 Å². The van der Waals surface area contributed by atoms with Crippen LogP contribution in [0.15, 0.2) is 24.3 Å². The first-order valence-corrected chi connectivity index (χ1v) is 8.59. The summed E-state index contributed by atoms with van der Waals surface area (Å²) in [6.45, 7) is 11.3. The van der Waals surface area contributed by atoms with Crippen molar-refractivity contribution in [1.29, 1.82) is 0 Å². The van der Waals surface area contributed by atoms with Crippen LogP contribution in [0.3, 0.4) is 0 Å². The molecule has 1 fully saturated rings. The second kappa shape index (κ2) is 7.36. The van der Waals surface area contributed by atoms with Gasteiger partial charge in [-0.25, -0.2) is 9.07 Å². The van der Waals surface area contributed by atoms with Gasteiger partial charge in [-0.15, -0.1) is 5.10 Å². The molecule has 1 aromatic heterocycles. The summed E-state index contributed by atoms with van der Waals surface area (Å²) in [5.41, 5.74) is 1.03. The van der Waals surface area contributed by atoms with E-state index in [1.807, 2.05) is 16.8 Å². The van der Waals surface area contributed by atoms with Crippen LogP contribution in [0.5, 0.6) is 0 Å². The normalized spacial score (nSPS) is 18.2. The first kappa shape index (κ1) is 17.0. The lowest BCUT2D eigenvalue weighted by atomic mass is 10.0. The van der Waals surface area contributed by atoms with Gasteiger partial charge in [0.1, 0.15) is 5.82 Å². The van der Waals surface area contributed by atoms with Gasteiger partial charge in [-0.1, -0.05) is 19.1 Å². The molecular weight excluding hydrogens is 307 g/mol. The van der Waals surface area contributed by atoms with Crippen molar-refractivity contribution >= 4 is 0 Å². The molecule has 0 N–H and O–H groups in total. The summed E-state index contributed by atoms with van der Waals surface area (Å²) >= 11 is 0. The summed E-state index contributed by atoms with van der Waals surface area (Å²) < 4.78 is 15.2. The summed E-state index contributed by atoms with van der Waals surface area (Å²) in [6, 6.07) is 6.82. The summed E-state index contributed by atoms with van der Waals surface area (Å²) in [4.78, 5) is 4.83. The molecule has 1 aliphatic heterocycles. The largest absolute Gasteiger partial charge is 0.301 e. The van der Waals surface area contributed by atoms with E-state index in [9.17, 15) is 4.39 Å². The number of nitrogens with zero attached hydrogens (tertiary/aromatic N) is 6. The number of hydrogen-bond acceptors (Lipinski definition) is 5. The number of piperazine rings is 1. The maximum absolute atomic E-state index is 13.4. The van der Waals surface area contributed by atoms with Crippen LogP contribution in [-0.4, -0.2) is 62.7 Å². The van der Waals surface area contributed by atoms with Gasteiger partial charge in [-0.2, -0.15) is 0 Å². The zero-order valence-electron chi connectivity index (χ0n) is 14.6. The van der Waals surface area contributed by atoms with Crippen molar-refractivity contribution in [2.45, 2.75) is 32.9 Å². The summed E-state index contributed by atoms with van der Waals surface area (Å²) in [5, 5.41) is 12.3. The van der Waals surface area contributed by atoms with Gasteiger partial charge < -0.3 is 4.90 Å². The standard InChI is InChI=1S/C17H25FN6/c1-4-22-9-11-23(12-10-22)16(14-5-7-15(18)8-6-14)17-19-20-21-24(17)13(2)3/h5-8,13,16H,4,9-12H2,1-3H3. The van der Waals surface area contributed by atoms with Crippen LogP contribution in [-0.2, 0) is 0 Å². The third-order valence-electron chi connectivity index (χ3n) is 4.66. The van der Waals surface area contributed by atoms with Crippen molar-refractivity contribution in [2.24, 2.45) is 0 Å².